The maximum absolute atomic E-state index is 11.1. The van der Waals surface area contributed by atoms with E-state index < -0.39 is 0 Å². The predicted molar refractivity (Wildman–Crippen MR) is 66.8 cm³/mol. The van der Waals surface area contributed by atoms with Crippen LogP contribution in [0.2, 0.25) is 0 Å². The second-order valence-corrected chi connectivity index (χ2v) is 3.58. The zero-order valence-corrected chi connectivity index (χ0v) is 9.69. The smallest absolute Gasteiger partial charge is 0.241 e. The van der Waals surface area contributed by atoms with Crippen molar-refractivity contribution in [3.63, 3.8) is 0 Å². The number of alkyl halides is 1. The molecule has 1 aromatic heterocycles. The van der Waals surface area contributed by atoms with Crippen molar-refractivity contribution in [1.82, 2.24) is 9.97 Å². The van der Waals surface area contributed by atoms with Gasteiger partial charge in [-0.25, -0.2) is 9.97 Å². The average molecular weight is 248 g/mol. The molecule has 4 nitrogen and oxygen atoms in total. The molecule has 0 bridgehead atoms. The van der Waals surface area contributed by atoms with Crippen molar-refractivity contribution in [1.29, 1.82) is 0 Å². The molecule has 1 heterocycles. The first-order chi connectivity index (χ1) is 8.29. The highest BCUT2D eigenvalue weighted by molar-refractivity contribution is 6.28. The van der Waals surface area contributed by atoms with Gasteiger partial charge in [-0.15, -0.1) is 11.6 Å². The summed E-state index contributed by atoms with van der Waals surface area (Å²) in [7, 11) is 0. The highest BCUT2D eigenvalue weighted by Gasteiger charge is 2.04. The van der Waals surface area contributed by atoms with Gasteiger partial charge in [-0.3, -0.25) is 10.1 Å². The zero-order chi connectivity index (χ0) is 12.1. The Kier molecular flexibility index (Phi) is 3.67. The van der Waals surface area contributed by atoms with Crippen molar-refractivity contribution in [2.75, 3.05) is 11.2 Å². The molecule has 2 aromatic rings. The van der Waals surface area contributed by atoms with Gasteiger partial charge in [-0.05, 0) is 6.07 Å². The summed E-state index contributed by atoms with van der Waals surface area (Å²) in [6.45, 7) is 0. The molecule has 1 amide bonds. The van der Waals surface area contributed by atoms with Gasteiger partial charge in [0, 0.05) is 11.8 Å². The van der Waals surface area contributed by atoms with Crippen molar-refractivity contribution in [3.05, 3.63) is 42.6 Å². The monoisotopic (exact) mass is 247 g/mol. The Balaban J connectivity index is 2.26. The number of halogens is 1. The van der Waals surface area contributed by atoms with Crippen LogP contribution in [-0.2, 0) is 4.79 Å². The first-order valence-electron chi connectivity index (χ1n) is 5.04. The topological polar surface area (TPSA) is 54.9 Å². The minimum atomic E-state index is -0.322. The van der Waals surface area contributed by atoms with E-state index in [4.69, 9.17) is 11.6 Å². The molecule has 0 aliphatic carbocycles. The van der Waals surface area contributed by atoms with Gasteiger partial charge in [-0.1, -0.05) is 30.3 Å². The molecule has 0 fully saturated rings. The van der Waals surface area contributed by atoms with E-state index in [2.05, 4.69) is 15.3 Å². The third kappa shape index (κ3) is 3.01. The van der Waals surface area contributed by atoms with Crippen LogP contribution < -0.4 is 5.32 Å². The van der Waals surface area contributed by atoms with Gasteiger partial charge in [-0.2, -0.15) is 0 Å². The van der Waals surface area contributed by atoms with Gasteiger partial charge in [0.15, 0.2) is 0 Å². The summed E-state index contributed by atoms with van der Waals surface area (Å²) in [5, 5.41) is 2.51. The summed E-state index contributed by atoms with van der Waals surface area (Å²) >= 11 is 5.39. The third-order valence-electron chi connectivity index (χ3n) is 2.10. The van der Waals surface area contributed by atoms with Crippen LogP contribution in [0.3, 0.4) is 0 Å². The molecule has 5 heteroatoms. The van der Waals surface area contributed by atoms with E-state index in [9.17, 15) is 4.79 Å². The Bertz CT molecular complexity index is 516. The van der Waals surface area contributed by atoms with E-state index in [1.54, 1.807) is 12.3 Å². The third-order valence-corrected chi connectivity index (χ3v) is 2.34. The van der Waals surface area contributed by atoms with Gasteiger partial charge in [0.2, 0.25) is 11.9 Å². The van der Waals surface area contributed by atoms with Crippen molar-refractivity contribution < 1.29 is 4.79 Å². The van der Waals surface area contributed by atoms with Crippen molar-refractivity contribution in [2.45, 2.75) is 0 Å². The predicted octanol–water partition coefficient (Wildman–Crippen LogP) is 2.32. The lowest BCUT2D eigenvalue weighted by Crippen LogP contribution is -2.14. The standard InChI is InChI=1S/C12H10ClN3O/c13-8-11(17)16-12-14-7-6-10(15-12)9-4-2-1-3-5-9/h1-7H,8H2,(H,14,15,16,17). The van der Waals surface area contributed by atoms with Gasteiger partial charge in [0.05, 0.1) is 5.69 Å². The second-order valence-electron chi connectivity index (χ2n) is 3.31. The molecular weight excluding hydrogens is 238 g/mol. The summed E-state index contributed by atoms with van der Waals surface area (Å²) in [6.07, 6.45) is 1.60. The number of rotatable bonds is 3. The van der Waals surface area contributed by atoms with Crippen LogP contribution >= 0.6 is 11.6 Å². The van der Waals surface area contributed by atoms with Crippen LogP contribution in [0, 0.1) is 0 Å². The number of hydrogen-bond acceptors (Lipinski definition) is 3. The molecule has 0 unspecified atom stereocenters. The highest BCUT2D eigenvalue weighted by Crippen LogP contribution is 2.16. The quantitative estimate of drug-likeness (QED) is 0.847. The fraction of sp³-hybridized carbons (Fsp3) is 0.0833. The number of benzene rings is 1. The van der Waals surface area contributed by atoms with Gasteiger partial charge >= 0.3 is 0 Å². The normalized spacial score (nSPS) is 9.94. The first-order valence-corrected chi connectivity index (χ1v) is 5.57. The molecule has 17 heavy (non-hydrogen) atoms. The Hall–Kier alpha value is -1.94. The molecular formula is C12H10ClN3O. The summed E-state index contributed by atoms with van der Waals surface area (Å²) in [6, 6.07) is 11.4. The van der Waals surface area contributed by atoms with E-state index in [1.807, 2.05) is 30.3 Å². The Morgan fingerprint density at radius 2 is 2.00 bits per heavy atom. The number of hydrogen-bond donors (Lipinski definition) is 1. The van der Waals surface area contributed by atoms with Crippen LogP contribution in [0.4, 0.5) is 5.95 Å². The van der Waals surface area contributed by atoms with Gasteiger partial charge in [0.1, 0.15) is 5.88 Å². The minimum Gasteiger partial charge on any atom is -0.293 e. The Labute approximate surface area is 104 Å². The van der Waals surface area contributed by atoms with Crippen molar-refractivity contribution in [3.8, 4) is 11.3 Å². The molecule has 2 rings (SSSR count). The molecule has 1 N–H and O–H groups in total. The van der Waals surface area contributed by atoms with Crippen molar-refractivity contribution >= 4 is 23.5 Å². The Morgan fingerprint density at radius 1 is 1.24 bits per heavy atom. The van der Waals surface area contributed by atoms with Gasteiger partial charge < -0.3 is 0 Å². The van der Waals surface area contributed by atoms with Crippen LogP contribution in [0.15, 0.2) is 42.6 Å². The molecule has 0 saturated heterocycles. The first kappa shape index (κ1) is 11.5. The highest BCUT2D eigenvalue weighted by atomic mass is 35.5. The maximum Gasteiger partial charge on any atom is 0.241 e. The maximum atomic E-state index is 11.1. The molecule has 0 atom stereocenters. The summed E-state index contributed by atoms with van der Waals surface area (Å²) in [5.41, 5.74) is 1.72. The number of carbonyl (C=O) groups excluding carboxylic acids is 1. The number of nitrogens with one attached hydrogen (secondary N) is 1. The molecule has 0 spiro atoms. The number of aromatic nitrogens is 2. The molecule has 0 aliphatic rings. The SMILES string of the molecule is O=C(CCl)Nc1nccc(-c2ccccc2)n1. The summed E-state index contributed by atoms with van der Waals surface area (Å²) in [5.74, 6) is -0.173. The lowest BCUT2D eigenvalue weighted by atomic mass is 10.1. The molecule has 0 saturated carbocycles. The number of amides is 1. The van der Waals surface area contributed by atoms with Crippen molar-refractivity contribution in [2.24, 2.45) is 0 Å². The van der Waals surface area contributed by atoms with E-state index in [-0.39, 0.29) is 17.7 Å². The van der Waals surface area contributed by atoms with E-state index in [0.29, 0.717) is 0 Å². The molecule has 86 valence electrons. The van der Waals surface area contributed by atoms with Crippen LogP contribution in [0.5, 0.6) is 0 Å². The molecule has 1 aromatic carbocycles. The number of nitrogens with zero attached hydrogens (tertiary/aromatic N) is 2. The summed E-state index contributed by atoms with van der Waals surface area (Å²) < 4.78 is 0. The van der Waals surface area contributed by atoms with E-state index in [0.717, 1.165) is 11.3 Å². The van der Waals surface area contributed by atoms with E-state index >= 15 is 0 Å². The van der Waals surface area contributed by atoms with Crippen LogP contribution in [0.1, 0.15) is 0 Å². The zero-order valence-electron chi connectivity index (χ0n) is 8.93. The fourth-order valence-corrected chi connectivity index (χ4v) is 1.41. The lowest BCUT2D eigenvalue weighted by molar-refractivity contribution is -0.114. The fourth-order valence-electron chi connectivity index (χ4n) is 1.35. The number of anilines is 1. The number of carbonyl (C=O) groups is 1. The average Bonchev–Trinajstić information content (AvgIpc) is 2.40. The lowest BCUT2D eigenvalue weighted by Gasteiger charge is -2.04. The van der Waals surface area contributed by atoms with Gasteiger partial charge in [0.25, 0.3) is 0 Å². The van der Waals surface area contributed by atoms with Crippen LogP contribution in [0.25, 0.3) is 11.3 Å². The van der Waals surface area contributed by atoms with E-state index in [1.165, 1.54) is 0 Å². The molecule has 0 aliphatic heterocycles. The Morgan fingerprint density at radius 3 is 2.71 bits per heavy atom. The largest absolute Gasteiger partial charge is 0.293 e. The molecule has 0 radical (unpaired) electrons. The second kappa shape index (κ2) is 5.41. The van der Waals surface area contributed by atoms with Crippen LogP contribution in [-0.4, -0.2) is 21.8 Å². The summed E-state index contributed by atoms with van der Waals surface area (Å²) in [4.78, 5) is 19.3. The minimum absolute atomic E-state index is 0.112.